The molecule has 0 saturated heterocycles. The van der Waals surface area contributed by atoms with E-state index in [1.54, 1.807) is 0 Å². The van der Waals surface area contributed by atoms with Crippen LogP contribution in [0.1, 0.15) is 16.7 Å². The second kappa shape index (κ2) is 5.37. The highest BCUT2D eigenvalue weighted by Crippen LogP contribution is 2.28. The molecule has 1 aromatic carbocycles. The molecule has 0 aliphatic carbocycles. The van der Waals surface area contributed by atoms with Gasteiger partial charge in [-0.15, -0.1) is 0 Å². The fourth-order valence-corrected chi connectivity index (χ4v) is 1.99. The molecule has 0 saturated carbocycles. The first-order valence-electron chi connectivity index (χ1n) is 5.19. The molecule has 0 aromatic heterocycles. The highest BCUT2D eigenvalue weighted by molar-refractivity contribution is 7.81. The molecule has 0 fully saturated rings. The van der Waals surface area contributed by atoms with Gasteiger partial charge in [-0.25, -0.2) is 0 Å². The van der Waals surface area contributed by atoms with Crippen molar-refractivity contribution in [3.63, 3.8) is 0 Å². The standard InChI is InChI=1S/C9H11BF4NO3S/c1-6-8(5-15)2-7(4-10(11,12)13)3-9(6)18-19(14,16)17/h2-3H,4-5,15H2,1H3/q-1. The van der Waals surface area contributed by atoms with Crippen LogP contribution in [-0.4, -0.2) is 15.4 Å². The molecule has 4 nitrogen and oxygen atoms in total. The lowest BCUT2D eigenvalue weighted by atomic mass is 9.81. The average molecular weight is 300 g/mol. The third-order valence-electron chi connectivity index (χ3n) is 2.40. The lowest BCUT2D eigenvalue weighted by Gasteiger charge is -2.17. The van der Waals surface area contributed by atoms with E-state index in [0.29, 0.717) is 0 Å². The molecule has 1 aromatic rings. The van der Waals surface area contributed by atoms with E-state index in [-0.39, 0.29) is 23.2 Å². The van der Waals surface area contributed by atoms with Gasteiger partial charge in [-0.2, -0.15) is 8.42 Å². The Morgan fingerprint density at radius 3 is 2.32 bits per heavy atom. The minimum atomic E-state index is -5.30. The normalized spacial score (nSPS) is 12.5. The molecule has 0 unspecified atom stereocenters. The summed E-state index contributed by atoms with van der Waals surface area (Å²) < 4.78 is 74.3. The lowest BCUT2D eigenvalue weighted by molar-refractivity contribution is 0.438. The van der Waals surface area contributed by atoms with Gasteiger partial charge in [-0.05, 0) is 24.1 Å². The molecule has 0 amide bonds. The predicted octanol–water partition coefficient (Wildman–Crippen LogP) is 1.98. The molecule has 0 heterocycles. The minimum absolute atomic E-state index is 0.118. The van der Waals surface area contributed by atoms with Gasteiger partial charge in [-0.3, -0.25) is 0 Å². The van der Waals surface area contributed by atoms with Crippen molar-refractivity contribution in [3.8, 4) is 5.75 Å². The van der Waals surface area contributed by atoms with Crippen LogP contribution in [0.5, 0.6) is 5.75 Å². The molecule has 0 spiro atoms. The van der Waals surface area contributed by atoms with Crippen LogP contribution in [0.15, 0.2) is 12.1 Å². The van der Waals surface area contributed by atoms with Gasteiger partial charge in [0.05, 0.1) is 0 Å². The first kappa shape index (κ1) is 15.8. The van der Waals surface area contributed by atoms with Crippen LogP contribution in [0.25, 0.3) is 0 Å². The van der Waals surface area contributed by atoms with Crippen molar-refractivity contribution in [2.45, 2.75) is 19.8 Å². The molecule has 0 radical (unpaired) electrons. The highest BCUT2D eigenvalue weighted by Gasteiger charge is 2.24. The van der Waals surface area contributed by atoms with Gasteiger partial charge < -0.3 is 22.9 Å². The van der Waals surface area contributed by atoms with Gasteiger partial charge in [0.15, 0.2) is 0 Å². The van der Waals surface area contributed by atoms with Crippen LogP contribution in [0, 0.1) is 6.92 Å². The first-order valence-corrected chi connectivity index (χ1v) is 6.50. The second-order valence-corrected chi connectivity index (χ2v) is 4.93. The van der Waals surface area contributed by atoms with Gasteiger partial charge in [0.25, 0.3) is 0 Å². The summed E-state index contributed by atoms with van der Waals surface area (Å²) in [5.74, 6) is -0.486. The van der Waals surface area contributed by atoms with Crippen LogP contribution in [0.4, 0.5) is 16.8 Å². The topological polar surface area (TPSA) is 69.4 Å². The van der Waals surface area contributed by atoms with Gasteiger partial charge in [0, 0.05) is 6.54 Å². The summed E-state index contributed by atoms with van der Waals surface area (Å²) in [6.45, 7) is -3.84. The van der Waals surface area contributed by atoms with E-state index in [2.05, 4.69) is 4.18 Å². The molecular weight excluding hydrogens is 289 g/mol. The van der Waals surface area contributed by atoms with Crippen molar-refractivity contribution in [1.29, 1.82) is 0 Å². The zero-order valence-electron chi connectivity index (χ0n) is 9.87. The number of rotatable bonds is 5. The maximum atomic E-state index is 12.5. The molecule has 108 valence electrons. The molecule has 1 rings (SSSR count). The monoisotopic (exact) mass is 300 g/mol. The van der Waals surface area contributed by atoms with E-state index in [1.165, 1.54) is 13.0 Å². The van der Waals surface area contributed by atoms with E-state index in [4.69, 9.17) is 5.73 Å². The maximum Gasteiger partial charge on any atom is 0.488 e. The zero-order valence-corrected chi connectivity index (χ0v) is 10.7. The van der Waals surface area contributed by atoms with Crippen molar-refractivity contribution >= 4 is 17.5 Å². The number of nitrogens with two attached hydrogens (primary N) is 1. The van der Waals surface area contributed by atoms with Gasteiger partial charge in [-0.1, -0.05) is 21.8 Å². The highest BCUT2D eigenvalue weighted by atomic mass is 32.3. The molecule has 2 N–H and O–H groups in total. The van der Waals surface area contributed by atoms with Crippen molar-refractivity contribution < 1.29 is 29.4 Å². The van der Waals surface area contributed by atoms with Crippen LogP contribution in [-0.2, 0) is 23.4 Å². The Morgan fingerprint density at radius 1 is 1.32 bits per heavy atom. The molecule has 0 atom stereocenters. The Balaban J connectivity index is 3.26. The van der Waals surface area contributed by atoms with Crippen LogP contribution in [0.3, 0.4) is 0 Å². The third kappa shape index (κ3) is 5.07. The second-order valence-electron chi connectivity index (χ2n) is 3.97. The summed E-state index contributed by atoms with van der Waals surface area (Å²) in [5, 5.41) is 0. The molecular formula is C9H11BF4NO3S-. The smallest absolute Gasteiger partial charge is 0.449 e. The fraction of sp³-hybridized carbons (Fsp3) is 0.333. The molecule has 10 heteroatoms. The Labute approximate surface area is 108 Å². The maximum absolute atomic E-state index is 12.5. The number of hydrogen-bond donors (Lipinski definition) is 1. The number of hydrogen-bond acceptors (Lipinski definition) is 4. The summed E-state index contributed by atoms with van der Waals surface area (Å²) in [6.07, 6.45) is -1.23. The average Bonchev–Trinajstić information content (AvgIpc) is 2.18. The van der Waals surface area contributed by atoms with Crippen LogP contribution >= 0.6 is 0 Å². The van der Waals surface area contributed by atoms with E-state index >= 15 is 0 Å². The number of benzene rings is 1. The Morgan fingerprint density at radius 2 is 1.89 bits per heavy atom. The van der Waals surface area contributed by atoms with Crippen molar-refractivity contribution in [2.75, 3.05) is 0 Å². The molecule has 0 aliphatic rings. The quantitative estimate of drug-likeness (QED) is 0.513. The molecule has 19 heavy (non-hydrogen) atoms. The van der Waals surface area contributed by atoms with Crippen LogP contribution in [0.2, 0.25) is 0 Å². The van der Waals surface area contributed by atoms with E-state index < -0.39 is 29.6 Å². The third-order valence-corrected chi connectivity index (χ3v) is 2.78. The zero-order chi connectivity index (χ0) is 14.8. The predicted molar refractivity (Wildman–Crippen MR) is 62.5 cm³/mol. The Hall–Kier alpha value is -1.29. The summed E-state index contributed by atoms with van der Waals surface area (Å²) in [6, 6.07) is 2.04. The van der Waals surface area contributed by atoms with E-state index in [9.17, 15) is 25.3 Å². The summed E-state index contributed by atoms with van der Waals surface area (Å²) in [4.78, 5) is 0. The van der Waals surface area contributed by atoms with Crippen molar-refractivity contribution in [1.82, 2.24) is 0 Å². The fourth-order valence-electron chi connectivity index (χ4n) is 1.60. The van der Waals surface area contributed by atoms with Crippen molar-refractivity contribution in [2.24, 2.45) is 5.73 Å². The minimum Gasteiger partial charge on any atom is -0.449 e. The van der Waals surface area contributed by atoms with Gasteiger partial charge in [0.1, 0.15) is 5.75 Å². The lowest BCUT2D eigenvalue weighted by Crippen LogP contribution is -2.20. The van der Waals surface area contributed by atoms with E-state index in [1.807, 2.05) is 0 Å². The summed E-state index contributed by atoms with van der Waals surface area (Å²) >= 11 is 0. The van der Waals surface area contributed by atoms with Gasteiger partial charge >= 0.3 is 17.5 Å². The van der Waals surface area contributed by atoms with E-state index in [0.717, 1.165) is 6.07 Å². The Kier molecular flexibility index (Phi) is 4.46. The molecule has 0 bridgehead atoms. The SMILES string of the molecule is Cc1c(CN)cc(C[B-](F)(F)F)cc1OS(=O)(=O)F. The van der Waals surface area contributed by atoms with Gasteiger partial charge in [0.2, 0.25) is 0 Å². The largest absolute Gasteiger partial charge is 0.488 e. The Bertz CT molecular complexity index is 574. The van der Waals surface area contributed by atoms with Crippen molar-refractivity contribution in [3.05, 3.63) is 28.8 Å². The first-order chi connectivity index (χ1) is 8.52. The molecule has 0 aliphatic heterocycles. The summed E-state index contributed by atoms with van der Waals surface area (Å²) in [5.41, 5.74) is 5.56. The van der Waals surface area contributed by atoms with Crippen LogP contribution < -0.4 is 9.92 Å². The summed E-state index contributed by atoms with van der Waals surface area (Å²) in [7, 11) is -5.30. The number of halogens is 4.